The summed E-state index contributed by atoms with van der Waals surface area (Å²) in [6.45, 7) is -0.584. The van der Waals surface area contributed by atoms with E-state index in [1.807, 2.05) is 0 Å². The maximum atomic E-state index is 12.7. The summed E-state index contributed by atoms with van der Waals surface area (Å²) in [6, 6.07) is 0.764. The summed E-state index contributed by atoms with van der Waals surface area (Å²) in [5, 5.41) is 8.40. The lowest BCUT2D eigenvalue weighted by molar-refractivity contribution is 0.144. The maximum Gasteiger partial charge on any atom is 0.268 e. The molecule has 0 aliphatic heterocycles. The molecule has 1 aromatic heterocycles. The number of hydrogen-bond acceptors (Lipinski definition) is 2. The van der Waals surface area contributed by atoms with Crippen molar-refractivity contribution in [1.29, 1.82) is 0 Å². The number of pyridine rings is 1. The zero-order valence-electron chi connectivity index (χ0n) is 6.27. The Bertz CT molecular complexity index is 319. The van der Waals surface area contributed by atoms with Crippen LogP contribution in [0.3, 0.4) is 0 Å². The normalized spacial score (nSPS) is 10.9. The third-order valence-corrected chi connectivity index (χ3v) is 1.74. The highest BCUT2D eigenvalue weighted by Gasteiger charge is 2.17. The Balaban J connectivity index is 3.20. The van der Waals surface area contributed by atoms with Gasteiger partial charge in [0.2, 0.25) is 5.95 Å². The summed E-state index contributed by atoms with van der Waals surface area (Å²) in [6.07, 6.45) is -2.96. The fourth-order valence-corrected chi connectivity index (χ4v) is 0.999. The molecule has 6 heteroatoms. The third-order valence-electron chi connectivity index (χ3n) is 1.41. The first-order chi connectivity index (χ1) is 6.06. The van der Waals surface area contributed by atoms with Crippen molar-refractivity contribution >= 4 is 11.6 Å². The molecule has 0 bridgehead atoms. The molecule has 1 heterocycles. The van der Waals surface area contributed by atoms with Gasteiger partial charge in [-0.15, -0.1) is 0 Å². The molecular weight excluding hydrogens is 207 g/mol. The van der Waals surface area contributed by atoms with Gasteiger partial charge in [0.15, 0.2) is 0 Å². The first kappa shape index (κ1) is 10.3. The van der Waals surface area contributed by atoms with Crippen molar-refractivity contribution in [3.05, 3.63) is 28.3 Å². The number of rotatable bonds is 2. The Hall–Kier alpha value is -0.810. The van der Waals surface area contributed by atoms with E-state index >= 15 is 0 Å². The molecule has 0 spiro atoms. The van der Waals surface area contributed by atoms with Gasteiger partial charge in [0, 0.05) is 0 Å². The first-order valence-electron chi connectivity index (χ1n) is 3.30. The highest BCUT2D eigenvalue weighted by Crippen LogP contribution is 2.25. The molecule has 1 aromatic rings. The van der Waals surface area contributed by atoms with Crippen molar-refractivity contribution in [2.75, 3.05) is 0 Å². The fraction of sp³-hybridized carbons (Fsp3) is 0.286. The van der Waals surface area contributed by atoms with Gasteiger partial charge in [-0.25, -0.2) is 13.8 Å². The molecule has 72 valence electrons. The predicted octanol–water partition coefficient (Wildman–Crippen LogP) is 2.30. The largest absolute Gasteiger partial charge is 0.390 e. The van der Waals surface area contributed by atoms with Crippen LogP contribution >= 0.6 is 11.6 Å². The molecule has 0 amide bonds. The van der Waals surface area contributed by atoms with Crippen LogP contribution in [0.2, 0.25) is 5.02 Å². The minimum Gasteiger partial charge on any atom is -0.390 e. The van der Waals surface area contributed by atoms with Gasteiger partial charge in [0.25, 0.3) is 6.43 Å². The van der Waals surface area contributed by atoms with Crippen LogP contribution in [0.15, 0.2) is 6.07 Å². The Labute approximate surface area is 77.0 Å². The van der Waals surface area contributed by atoms with E-state index in [4.69, 9.17) is 16.7 Å². The molecule has 0 radical (unpaired) electrons. The van der Waals surface area contributed by atoms with Crippen molar-refractivity contribution < 1.29 is 18.3 Å². The summed E-state index contributed by atoms with van der Waals surface area (Å²) in [7, 11) is 0. The predicted molar refractivity (Wildman–Crippen MR) is 40.1 cm³/mol. The molecule has 13 heavy (non-hydrogen) atoms. The van der Waals surface area contributed by atoms with Gasteiger partial charge in [-0.1, -0.05) is 11.6 Å². The first-order valence-corrected chi connectivity index (χ1v) is 3.68. The Morgan fingerprint density at radius 3 is 2.62 bits per heavy atom. The smallest absolute Gasteiger partial charge is 0.268 e. The molecule has 0 saturated carbocycles. The van der Waals surface area contributed by atoms with E-state index in [0.717, 1.165) is 6.07 Å². The minimum atomic E-state index is -2.96. The van der Waals surface area contributed by atoms with E-state index < -0.39 is 24.5 Å². The fourth-order valence-electron chi connectivity index (χ4n) is 0.780. The lowest BCUT2D eigenvalue weighted by Crippen LogP contribution is -2.00. The Morgan fingerprint density at radius 2 is 2.15 bits per heavy atom. The molecular formula is C7H5ClF3NO. The monoisotopic (exact) mass is 211 g/mol. The zero-order chi connectivity index (χ0) is 10.0. The number of aliphatic hydroxyl groups excluding tert-OH is 1. The zero-order valence-corrected chi connectivity index (χ0v) is 7.02. The van der Waals surface area contributed by atoms with Crippen molar-refractivity contribution in [3.63, 3.8) is 0 Å². The second-order valence-corrected chi connectivity index (χ2v) is 2.66. The third kappa shape index (κ3) is 2.10. The number of hydrogen-bond donors (Lipinski definition) is 1. The average molecular weight is 212 g/mol. The van der Waals surface area contributed by atoms with Gasteiger partial charge in [0.05, 0.1) is 22.9 Å². The Kier molecular flexibility index (Phi) is 3.11. The van der Waals surface area contributed by atoms with Crippen molar-refractivity contribution in [3.8, 4) is 0 Å². The molecule has 0 saturated heterocycles. The van der Waals surface area contributed by atoms with Gasteiger partial charge >= 0.3 is 0 Å². The Morgan fingerprint density at radius 1 is 1.54 bits per heavy atom. The lowest BCUT2D eigenvalue weighted by Gasteiger charge is -2.04. The molecule has 0 aromatic carbocycles. The van der Waals surface area contributed by atoms with E-state index in [-0.39, 0.29) is 10.7 Å². The molecule has 0 aliphatic rings. The molecule has 0 atom stereocenters. The second kappa shape index (κ2) is 3.93. The highest BCUT2D eigenvalue weighted by atomic mass is 35.5. The number of aromatic nitrogens is 1. The van der Waals surface area contributed by atoms with Gasteiger partial charge in [0.1, 0.15) is 0 Å². The SMILES string of the molecule is OCc1nc(F)c(C(F)F)cc1Cl. The average Bonchev–Trinajstić information content (AvgIpc) is 2.07. The van der Waals surface area contributed by atoms with Crippen LogP contribution < -0.4 is 0 Å². The standard InChI is InChI=1S/C7H5ClF3NO/c8-4-1-3(6(9)10)7(11)12-5(4)2-13/h1,6,13H,2H2. The van der Waals surface area contributed by atoms with Crippen LogP contribution in [0, 0.1) is 5.95 Å². The number of nitrogens with zero attached hydrogens (tertiary/aromatic N) is 1. The summed E-state index contributed by atoms with van der Waals surface area (Å²) in [4.78, 5) is 3.08. The summed E-state index contributed by atoms with van der Waals surface area (Å²) < 4.78 is 36.8. The molecule has 1 rings (SSSR count). The molecule has 0 fully saturated rings. The van der Waals surface area contributed by atoms with E-state index in [9.17, 15) is 13.2 Å². The van der Waals surface area contributed by atoms with Crippen LogP contribution in [0.1, 0.15) is 17.7 Å². The quantitative estimate of drug-likeness (QED) is 0.762. The van der Waals surface area contributed by atoms with Crippen molar-refractivity contribution in [1.82, 2.24) is 4.98 Å². The van der Waals surface area contributed by atoms with Crippen LogP contribution in [0.4, 0.5) is 13.2 Å². The van der Waals surface area contributed by atoms with Crippen LogP contribution in [-0.4, -0.2) is 10.1 Å². The van der Waals surface area contributed by atoms with E-state index in [0.29, 0.717) is 0 Å². The van der Waals surface area contributed by atoms with Gasteiger partial charge < -0.3 is 5.11 Å². The van der Waals surface area contributed by atoms with Crippen molar-refractivity contribution in [2.24, 2.45) is 0 Å². The second-order valence-electron chi connectivity index (χ2n) is 2.26. The molecule has 2 nitrogen and oxygen atoms in total. The van der Waals surface area contributed by atoms with Gasteiger partial charge in [-0.05, 0) is 6.07 Å². The summed E-state index contributed by atoms with van der Waals surface area (Å²) in [5.41, 5.74) is -1.01. The number of halogens is 4. The van der Waals surface area contributed by atoms with Crippen LogP contribution in [0.5, 0.6) is 0 Å². The van der Waals surface area contributed by atoms with Crippen molar-refractivity contribution in [2.45, 2.75) is 13.0 Å². The van der Waals surface area contributed by atoms with E-state index in [1.165, 1.54) is 0 Å². The summed E-state index contributed by atoms with van der Waals surface area (Å²) >= 11 is 5.42. The molecule has 0 unspecified atom stereocenters. The van der Waals surface area contributed by atoms with Gasteiger partial charge in [-0.3, -0.25) is 0 Å². The van der Waals surface area contributed by atoms with Gasteiger partial charge in [-0.2, -0.15) is 4.39 Å². The summed E-state index contributed by atoms with van der Waals surface area (Å²) in [5.74, 6) is -1.30. The van der Waals surface area contributed by atoms with Crippen LogP contribution in [-0.2, 0) is 6.61 Å². The minimum absolute atomic E-state index is 0.149. The van der Waals surface area contributed by atoms with Crippen LogP contribution in [0.25, 0.3) is 0 Å². The molecule has 1 N–H and O–H groups in total. The lowest BCUT2D eigenvalue weighted by atomic mass is 10.2. The number of aliphatic hydroxyl groups is 1. The maximum absolute atomic E-state index is 12.7. The molecule has 0 aliphatic carbocycles. The highest BCUT2D eigenvalue weighted by molar-refractivity contribution is 6.31. The number of alkyl halides is 2. The topological polar surface area (TPSA) is 33.1 Å². The van der Waals surface area contributed by atoms with E-state index in [1.54, 1.807) is 0 Å². The van der Waals surface area contributed by atoms with E-state index in [2.05, 4.69) is 4.98 Å².